The van der Waals surface area contributed by atoms with Gasteiger partial charge in [0.2, 0.25) is 17.7 Å². The number of nitrogens with zero attached hydrogens (tertiary/aromatic N) is 2. The van der Waals surface area contributed by atoms with E-state index in [1.807, 2.05) is 37.3 Å². The maximum Gasteiger partial charge on any atom is 0.240 e. The fraction of sp³-hybridized carbons (Fsp3) is 0.400. The minimum Gasteiger partial charge on any atom is -0.385 e. The van der Waals surface area contributed by atoms with Crippen LogP contribution < -0.4 is 0 Å². The molecule has 6 nitrogen and oxygen atoms in total. The number of halogens is 1. The van der Waals surface area contributed by atoms with Crippen LogP contribution in [0.3, 0.4) is 0 Å². The summed E-state index contributed by atoms with van der Waals surface area (Å²) in [5.74, 6) is -0.836. The fourth-order valence-corrected chi connectivity index (χ4v) is 4.55. The summed E-state index contributed by atoms with van der Waals surface area (Å²) in [6.45, 7) is 3.53. The van der Waals surface area contributed by atoms with Gasteiger partial charge in [0.1, 0.15) is 0 Å². The first-order chi connectivity index (χ1) is 15.4. The van der Waals surface area contributed by atoms with Crippen LogP contribution in [0.25, 0.3) is 0 Å². The summed E-state index contributed by atoms with van der Waals surface area (Å²) < 4.78 is 5.06. The third-order valence-electron chi connectivity index (χ3n) is 5.93. The maximum atomic E-state index is 13.6. The summed E-state index contributed by atoms with van der Waals surface area (Å²) in [5, 5.41) is 0.381. The molecule has 2 aromatic carbocycles. The molecule has 1 atom stereocenters. The van der Waals surface area contributed by atoms with Gasteiger partial charge in [0.25, 0.3) is 0 Å². The number of ether oxygens (including phenoxy) is 1. The Kier molecular flexibility index (Phi) is 8.04. The van der Waals surface area contributed by atoms with Gasteiger partial charge in [-0.2, -0.15) is 0 Å². The minimum absolute atomic E-state index is 0.0722. The molecule has 2 aromatic rings. The third kappa shape index (κ3) is 5.03. The van der Waals surface area contributed by atoms with E-state index in [1.54, 1.807) is 36.3 Å². The molecule has 0 spiro atoms. The van der Waals surface area contributed by atoms with Crippen LogP contribution in [-0.2, 0) is 31.1 Å². The topological polar surface area (TPSA) is 66.9 Å². The van der Waals surface area contributed by atoms with Gasteiger partial charge in [0, 0.05) is 51.2 Å². The molecule has 1 heterocycles. The number of hydrogen-bond donors (Lipinski definition) is 0. The molecular weight excluding hydrogens is 428 g/mol. The lowest BCUT2D eigenvalue weighted by molar-refractivity contribution is -0.143. The first kappa shape index (κ1) is 24.0. The van der Waals surface area contributed by atoms with Crippen molar-refractivity contribution in [1.82, 2.24) is 9.80 Å². The van der Waals surface area contributed by atoms with E-state index in [0.717, 1.165) is 5.56 Å². The Bertz CT molecular complexity index is 965. The van der Waals surface area contributed by atoms with Gasteiger partial charge in [-0.25, -0.2) is 0 Å². The average Bonchev–Trinajstić information content (AvgIpc) is 3.03. The van der Waals surface area contributed by atoms with Gasteiger partial charge in [0.15, 0.2) is 0 Å². The zero-order chi connectivity index (χ0) is 23.1. The van der Waals surface area contributed by atoms with Crippen LogP contribution in [0.4, 0.5) is 0 Å². The SMILES string of the molecule is CCN(Cc1ccccc1)C(=O)C[C@@]1(c2ccccc2Cl)CC(=O)N(CCCOC)C1=O. The monoisotopic (exact) mass is 456 g/mol. The lowest BCUT2D eigenvalue weighted by Gasteiger charge is -2.31. The van der Waals surface area contributed by atoms with Crippen LogP contribution in [0.5, 0.6) is 0 Å². The normalized spacial score (nSPS) is 18.3. The van der Waals surface area contributed by atoms with Crippen LogP contribution in [-0.4, -0.2) is 54.3 Å². The number of rotatable bonds is 10. The first-order valence-electron chi connectivity index (χ1n) is 10.8. The molecular formula is C25H29ClN2O4. The van der Waals surface area contributed by atoms with Crippen molar-refractivity contribution in [2.45, 2.75) is 38.1 Å². The average molecular weight is 457 g/mol. The number of likely N-dealkylation sites (tertiary alicyclic amines) is 1. The van der Waals surface area contributed by atoms with Crippen molar-refractivity contribution in [3.05, 3.63) is 70.7 Å². The van der Waals surface area contributed by atoms with E-state index in [0.29, 0.717) is 36.7 Å². The van der Waals surface area contributed by atoms with Gasteiger partial charge in [-0.3, -0.25) is 19.3 Å². The molecule has 7 heteroatoms. The lowest BCUT2D eigenvalue weighted by atomic mass is 9.75. The Labute approximate surface area is 194 Å². The second-order valence-corrected chi connectivity index (χ2v) is 8.41. The Balaban J connectivity index is 1.92. The summed E-state index contributed by atoms with van der Waals surface area (Å²) in [4.78, 5) is 42.9. The van der Waals surface area contributed by atoms with Crippen molar-refractivity contribution in [2.75, 3.05) is 26.8 Å². The Hall–Kier alpha value is -2.70. The van der Waals surface area contributed by atoms with Crippen molar-refractivity contribution in [3.8, 4) is 0 Å². The maximum absolute atomic E-state index is 13.6. The van der Waals surface area contributed by atoms with Crippen molar-refractivity contribution >= 4 is 29.3 Å². The van der Waals surface area contributed by atoms with Crippen LogP contribution in [0, 0.1) is 0 Å². The molecule has 1 fully saturated rings. The zero-order valence-electron chi connectivity index (χ0n) is 18.6. The van der Waals surface area contributed by atoms with Gasteiger partial charge >= 0.3 is 0 Å². The highest BCUT2D eigenvalue weighted by Gasteiger charge is 2.54. The van der Waals surface area contributed by atoms with E-state index in [9.17, 15) is 14.4 Å². The minimum atomic E-state index is -1.30. The molecule has 0 radical (unpaired) electrons. The summed E-state index contributed by atoms with van der Waals surface area (Å²) in [6.07, 6.45) is 0.357. The van der Waals surface area contributed by atoms with E-state index in [4.69, 9.17) is 16.3 Å². The number of hydrogen-bond acceptors (Lipinski definition) is 4. The van der Waals surface area contributed by atoms with Crippen molar-refractivity contribution in [3.63, 3.8) is 0 Å². The van der Waals surface area contributed by atoms with Gasteiger partial charge in [0.05, 0.1) is 5.41 Å². The number of imide groups is 1. The third-order valence-corrected chi connectivity index (χ3v) is 6.26. The smallest absolute Gasteiger partial charge is 0.240 e. The molecule has 32 heavy (non-hydrogen) atoms. The largest absolute Gasteiger partial charge is 0.385 e. The summed E-state index contributed by atoms with van der Waals surface area (Å²) >= 11 is 6.48. The van der Waals surface area contributed by atoms with Crippen molar-refractivity contribution in [1.29, 1.82) is 0 Å². The van der Waals surface area contributed by atoms with E-state index in [-0.39, 0.29) is 37.1 Å². The number of methoxy groups -OCH3 is 1. The Morgan fingerprint density at radius 2 is 1.81 bits per heavy atom. The summed E-state index contributed by atoms with van der Waals surface area (Å²) in [5.41, 5.74) is 0.229. The van der Waals surface area contributed by atoms with Crippen LogP contribution in [0.1, 0.15) is 37.3 Å². The zero-order valence-corrected chi connectivity index (χ0v) is 19.3. The van der Waals surface area contributed by atoms with Crippen LogP contribution >= 0.6 is 11.6 Å². The quantitative estimate of drug-likeness (QED) is 0.402. The molecule has 0 N–H and O–H groups in total. The molecule has 3 amide bonds. The molecule has 1 aliphatic rings. The second kappa shape index (κ2) is 10.7. The van der Waals surface area contributed by atoms with Gasteiger partial charge < -0.3 is 9.64 Å². The van der Waals surface area contributed by atoms with Crippen LogP contribution in [0.2, 0.25) is 5.02 Å². The van der Waals surface area contributed by atoms with Gasteiger partial charge in [-0.05, 0) is 30.5 Å². The standard InChI is InChI=1S/C25H29ClN2O4/c1-3-27(18-19-10-5-4-6-11-19)22(29)16-25(20-12-7-8-13-21(20)26)17-23(30)28(24(25)31)14-9-15-32-2/h4-8,10-13H,3,9,14-18H2,1-2H3/t25-/m0/s1. The molecule has 0 bridgehead atoms. The Morgan fingerprint density at radius 1 is 1.12 bits per heavy atom. The lowest BCUT2D eigenvalue weighted by Crippen LogP contribution is -2.43. The van der Waals surface area contributed by atoms with Gasteiger partial charge in [-0.1, -0.05) is 60.1 Å². The van der Waals surface area contributed by atoms with Gasteiger partial charge in [-0.15, -0.1) is 0 Å². The molecule has 170 valence electrons. The highest BCUT2D eigenvalue weighted by Crippen LogP contribution is 2.43. The van der Waals surface area contributed by atoms with E-state index in [2.05, 4.69) is 0 Å². The Morgan fingerprint density at radius 3 is 2.47 bits per heavy atom. The van der Waals surface area contributed by atoms with E-state index < -0.39 is 5.41 Å². The molecule has 3 rings (SSSR count). The summed E-state index contributed by atoms with van der Waals surface area (Å²) in [6, 6.07) is 16.7. The summed E-state index contributed by atoms with van der Waals surface area (Å²) in [7, 11) is 1.58. The fourth-order valence-electron chi connectivity index (χ4n) is 4.24. The molecule has 0 unspecified atom stereocenters. The number of carbonyl (C=O) groups is 3. The number of amides is 3. The van der Waals surface area contributed by atoms with Crippen LogP contribution in [0.15, 0.2) is 54.6 Å². The second-order valence-electron chi connectivity index (χ2n) is 8.01. The predicted molar refractivity (Wildman–Crippen MR) is 123 cm³/mol. The van der Waals surface area contributed by atoms with Crippen molar-refractivity contribution < 1.29 is 19.1 Å². The highest BCUT2D eigenvalue weighted by molar-refractivity contribution is 6.32. The first-order valence-corrected chi connectivity index (χ1v) is 11.2. The molecule has 0 aromatic heterocycles. The predicted octanol–water partition coefficient (Wildman–Crippen LogP) is 3.81. The van der Waals surface area contributed by atoms with E-state index in [1.165, 1.54) is 4.90 Å². The molecule has 0 saturated carbocycles. The van der Waals surface area contributed by atoms with E-state index >= 15 is 0 Å². The number of benzene rings is 2. The highest BCUT2D eigenvalue weighted by atomic mass is 35.5. The number of carbonyl (C=O) groups excluding carboxylic acids is 3. The van der Waals surface area contributed by atoms with Crippen molar-refractivity contribution in [2.24, 2.45) is 0 Å². The molecule has 1 saturated heterocycles. The molecule has 0 aliphatic carbocycles. The molecule has 1 aliphatic heterocycles.